The van der Waals surface area contributed by atoms with Crippen LogP contribution in [0, 0.1) is 0 Å². The molecule has 3 aromatic rings. The van der Waals surface area contributed by atoms with Crippen LogP contribution in [-0.2, 0) is 27.3 Å². The molecule has 2 heterocycles. The van der Waals surface area contributed by atoms with Gasteiger partial charge in [0.15, 0.2) is 11.5 Å². The number of primary amides is 1. The number of carboxylic acid groups (broad SMARTS) is 3. The van der Waals surface area contributed by atoms with Crippen molar-refractivity contribution in [1.29, 1.82) is 0 Å². The third-order valence-electron chi connectivity index (χ3n) is 7.53. The molecule has 0 bridgehead atoms. The lowest BCUT2D eigenvalue weighted by atomic mass is 10.0. The van der Waals surface area contributed by atoms with Crippen molar-refractivity contribution in [3.63, 3.8) is 0 Å². The van der Waals surface area contributed by atoms with Crippen LogP contribution >= 0.6 is 0 Å². The molecule has 1 aliphatic rings. The van der Waals surface area contributed by atoms with E-state index in [0.29, 0.717) is 41.5 Å². The second-order valence-electron chi connectivity index (χ2n) is 11.6. The summed E-state index contributed by atoms with van der Waals surface area (Å²) < 4.78 is 107. The van der Waals surface area contributed by atoms with Crippen molar-refractivity contribution in [1.82, 2.24) is 15.2 Å². The van der Waals surface area contributed by atoms with E-state index in [1.807, 2.05) is 38.1 Å². The standard InChI is InChI=1S/C29H39N5O3.3C2HF3O2/c1-4-21-20(18-31-12-15-34-13-7-8-14-34)10-9-11-24(21)33-28-22-16-26(36-5-2)27(37-6-3)17-25(22)32-19-23(28)29(30)35;3*3-2(4,5)1(6)7/h9-11,16-17,19,31H,4-8,12-15,18H2,1-3H3,(H2,30,35)(H,32,33);3*(H,6,7). The number of carbonyl (C=O) groups excluding carboxylic acids is 1. The van der Waals surface area contributed by atoms with Crippen molar-refractivity contribution in [3.05, 3.63) is 53.2 Å². The van der Waals surface area contributed by atoms with Crippen molar-refractivity contribution in [3.8, 4) is 11.5 Å². The van der Waals surface area contributed by atoms with Gasteiger partial charge in [-0.2, -0.15) is 39.5 Å². The van der Waals surface area contributed by atoms with Crippen LogP contribution in [0.2, 0.25) is 0 Å². The summed E-state index contributed by atoms with van der Waals surface area (Å²) >= 11 is 0. The van der Waals surface area contributed by atoms with E-state index in [1.165, 1.54) is 43.3 Å². The van der Waals surface area contributed by atoms with Gasteiger partial charge in [-0.1, -0.05) is 19.1 Å². The summed E-state index contributed by atoms with van der Waals surface area (Å²) in [7, 11) is 0. The Kier molecular flexibility index (Phi) is 20.0. The predicted molar refractivity (Wildman–Crippen MR) is 190 cm³/mol. The fourth-order valence-electron chi connectivity index (χ4n) is 4.99. The Morgan fingerprint density at radius 2 is 1.29 bits per heavy atom. The zero-order valence-corrected chi connectivity index (χ0v) is 31.2. The van der Waals surface area contributed by atoms with Crippen LogP contribution < -0.4 is 25.8 Å². The molecule has 1 amide bonds. The molecular formula is C35H42F9N5O9. The molecule has 7 N–H and O–H groups in total. The average Bonchev–Trinajstić information content (AvgIpc) is 3.64. The lowest BCUT2D eigenvalue weighted by molar-refractivity contribution is -0.193. The summed E-state index contributed by atoms with van der Waals surface area (Å²) in [6.07, 6.45) is -10.3. The Morgan fingerprint density at radius 3 is 1.72 bits per heavy atom. The number of carboxylic acids is 3. The molecule has 1 aliphatic heterocycles. The van der Waals surface area contributed by atoms with Crippen LogP contribution in [0.3, 0.4) is 0 Å². The largest absolute Gasteiger partial charge is 0.490 e. The Balaban J connectivity index is 0.000000655. The molecule has 1 fully saturated rings. The summed E-state index contributed by atoms with van der Waals surface area (Å²) in [5, 5.41) is 29.3. The molecule has 58 heavy (non-hydrogen) atoms. The smallest absolute Gasteiger partial charge is 0.490 e. The van der Waals surface area contributed by atoms with Crippen LogP contribution in [0.15, 0.2) is 36.5 Å². The number of halogens is 9. The van der Waals surface area contributed by atoms with Crippen molar-refractivity contribution in [2.45, 2.75) is 65.1 Å². The molecule has 0 atom stereocenters. The minimum Gasteiger partial charge on any atom is -0.490 e. The summed E-state index contributed by atoms with van der Waals surface area (Å²) in [5.41, 5.74) is 10.8. The summed E-state index contributed by atoms with van der Waals surface area (Å²) in [4.78, 5) is 46.1. The SMILES string of the molecule is CCOc1cc2ncc(C(N)=O)c(Nc3cccc(CNCCN4CCCC4)c3CC)c2cc1OCC.O=C(O)C(F)(F)F.O=C(O)C(F)(F)F.O=C(O)C(F)(F)F. The lowest BCUT2D eigenvalue weighted by Crippen LogP contribution is -2.29. The third-order valence-corrected chi connectivity index (χ3v) is 7.53. The molecule has 1 saturated heterocycles. The third kappa shape index (κ3) is 16.9. The first-order valence-corrected chi connectivity index (χ1v) is 17.1. The lowest BCUT2D eigenvalue weighted by Gasteiger charge is -2.20. The van der Waals surface area contributed by atoms with Gasteiger partial charge in [0.25, 0.3) is 5.91 Å². The number of aliphatic carboxylic acids is 3. The highest BCUT2D eigenvalue weighted by Gasteiger charge is 2.39. The van der Waals surface area contributed by atoms with E-state index < -0.39 is 42.3 Å². The highest BCUT2D eigenvalue weighted by atomic mass is 19.4. The second-order valence-corrected chi connectivity index (χ2v) is 11.6. The highest BCUT2D eigenvalue weighted by molar-refractivity contribution is 6.08. The van der Waals surface area contributed by atoms with E-state index in [9.17, 15) is 44.3 Å². The number of benzene rings is 2. The first-order valence-electron chi connectivity index (χ1n) is 17.1. The van der Waals surface area contributed by atoms with Gasteiger partial charge in [-0.25, -0.2) is 14.4 Å². The van der Waals surface area contributed by atoms with E-state index in [2.05, 4.69) is 33.5 Å². The zero-order valence-electron chi connectivity index (χ0n) is 31.2. The molecular weight excluding hydrogens is 805 g/mol. The number of hydrogen-bond acceptors (Lipinski definition) is 10. The van der Waals surface area contributed by atoms with Gasteiger partial charge < -0.3 is 46.1 Å². The molecule has 2 aromatic carbocycles. The van der Waals surface area contributed by atoms with Crippen LogP contribution in [0.1, 0.15) is 55.1 Å². The first-order chi connectivity index (χ1) is 26.9. The number of nitrogens with zero attached hydrogens (tertiary/aromatic N) is 2. The predicted octanol–water partition coefficient (Wildman–Crippen LogP) is 6.52. The topological polar surface area (TPSA) is 214 Å². The van der Waals surface area contributed by atoms with E-state index in [4.69, 9.17) is 44.9 Å². The molecule has 4 rings (SSSR count). The number of likely N-dealkylation sites (tertiary alicyclic amines) is 1. The van der Waals surface area contributed by atoms with E-state index in [1.54, 1.807) is 0 Å². The normalized spacial score (nSPS) is 12.8. The van der Waals surface area contributed by atoms with Gasteiger partial charge in [0.1, 0.15) is 0 Å². The number of amides is 1. The van der Waals surface area contributed by atoms with Crippen molar-refractivity contribution >= 4 is 46.1 Å². The Hall–Kier alpha value is -5.58. The Labute approximate surface area is 325 Å². The van der Waals surface area contributed by atoms with Gasteiger partial charge in [0.2, 0.25) is 0 Å². The number of fused-ring (bicyclic) bond motifs is 1. The molecule has 14 nitrogen and oxygen atoms in total. The number of ether oxygens (including phenoxy) is 2. The van der Waals surface area contributed by atoms with E-state index in [0.717, 1.165) is 37.1 Å². The van der Waals surface area contributed by atoms with Crippen LogP contribution in [0.5, 0.6) is 11.5 Å². The quantitative estimate of drug-likeness (QED) is 0.0800. The van der Waals surface area contributed by atoms with Crippen molar-refractivity contribution in [2.75, 3.05) is 44.7 Å². The maximum Gasteiger partial charge on any atom is 0.490 e. The number of hydrogen-bond donors (Lipinski definition) is 6. The van der Waals surface area contributed by atoms with E-state index in [-0.39, 0.29) is 0 Å². The fourth-order valence-corrected chi connectivity index (χ4v) is 4.99. The molecule has 0 unspecified atom stereocenters. The van der Waals surface area contributed by atoms with Crippen LogP contribution in [-0.4, -0.2) is 107 Å². The number of pyridine rings is 1. The number of aromatic nitrogens is 1. The Bertz CT molecular complexity index is 1780. The van der Waals surface area contributed by atoms with Gasteiger partial charge in [0, 0.05) is 43.0 Å². The van der Waals surface area contributed by atoms with Crippen molar-refractivity contribution in [2.24, 2.45) is 5.73 Å². The van der Waals surface area contributed by atoms with Gasteiger partial charge >= 0.3 is 36.4 Å². The number of nitrogens with one attached hydrogen (secondary N) is 2. The van der Waals surface area contributed by atoms with Crippen molar-refractivity contribution < 1.29 is 83.5 Å². The number of alkyl halides is 9. The maximum absolute atomic E-state index is 12.4. The number of nitrogens with two attached hydrogens (primary N) is 1. The summed E-state index contributed by atoms with van der Waals surface area (Å²) in [6.45, 7) is 12.3. The number of anilines is 2. The van der Waals surface area contributed by atoms with Gasteiger partial charge in [0.05, 0.1) is 30.0 Å². The highest BCUT2D eigenvalue weighted by Crippen LogP contribution is 2.38. The van der Waals surface area contributed by atoms with Crippen LogP contribution in [0.25, 0.3) is 10.9 Å². The maximum atomic E-state index is 12.4. The second kappa shape index (κ2) is 23.0. The molecule has 324 valence electrons. The summed E-state index contributed by atoms with van der Waals surface area (Å²) in [6, 6.07) is 9.98. The Morgan fingerprint density at radius 1 is 0.810 bits per heavy atom. The minimum atomic E-state index is -5.08. The molecule has 0 radical (unpaired) electrons. The number of rotatable bonds is 13. The minimum absolute atomic E-state index is 0.329. The molecule has 0 saturated carbocycles. The van der Waals surface area contributed by atoms with E-state index >= 15 is 0 Å². The zero-order chi connectivity index (χ0) is 44.4. The molecule has 0 spiro atoms. The molecule has 0 aliphatic carbocycles. The number of carbonyl (C=O) groups is 4. The molecule has 1 aromatic heterocycles. The van der Waals surface area contributed by atoms with Gasteiger partial charge in [-0.15, -0.1) is 0 Å². The fraction of sp³-hybridized carbons (Fsp3) is 0.457. The average molecular weight is 848 g/mol. The monoisotopic (exact) mass is 847 g/mol. The molecule has 23 heteroatoms. The van der Waals surface area contributed by atoms with Gasteiger partial charge in [-0.3, -0.25) is 9.78 Å². The van der Waals surface area contributed by atoms with Crippen LogP contribution in [0.4, 0.5) is 50.9 Å². The first kappa shape index (κ1) is 50.4. The van der Waals surface area contributed by atoms with Gasteiger partial charge in [-0.05, 0) is 69.5 Å². The summed E-state index contributed by atoms with van der Waals surface area (Å²) in [5.74, 6) is -7.58.